The number of hydrogen-bond acceptors (Lipinski definition) is 5. The van der Waals surface area contributed by atoms with Gasteiger partial charge in [-0.3, -0.25) is 4.98 Å². The van der Waals surface area contributed by atoms with E-state index in [1.807, 2.05) is 0 Å². The molecular weight excluding hydrogens is 254 g/mol. The number of pyridine rings is 1. The quantitative estimate of drug-likeness (QED) is 0.782. The monoisotopic (exact) mass is 271 g/mol. The number of aromatic nitrogens is 1. The lowest BCUT2D eigenvalue weighted by Crippen LogP contribution is -2.37. The van der Waals surface area contributed by atoms with Gasteiger partial charge < -0.3 is 10.8 Å². The van der Waals surface area contributed by atoms with Crippen LogP contribution in [0.25, 0.3) is 0 Å². The molecule has 1 unspecified atom stereocenters. The van der Waals surface area contributed by atoms with Gasteiger partial charge in [0.1, 0.15) is 4.90 Å². The van der Waals surface area contributed by atoms with E-state index in [0.29, 0.717) is 18.7 Å². The Kier molecular flexibility index (Phi) is 3.96. The van der Waals surface area contributed by atoms with Gasteiger partial charge in [-0.05, 0) is 25.0 Å². The lowest BCUT2D eigenvalue weighted by molar-refractivity contribution is 0.213. The second-order valence-electron chi connectivity index (χ2n) is 4.28. The predicted octanol–water partition coefficient (Wildman–Crippen LogP) is -0.314. The van der Waals surface area contributed by atoms with Gasteiger partial charge in [0, 0.05) is 25.3 Å². The zero-order chi connectivity index (χ0) is 13.2. The largest absolute Gasteiger partial charge is 0.395 e. The number of aliphatic hydroxyl groups excluding tert-OH is 1. The van der Waals surface area contributed by atoms with Crippen LogP contribution in [-0.4, -0.2) is 42.0 Å². The van der Waals surface area contributed by atoms with E-state index < -0.39 is 10.0 Å². The molecule has 2 heterocycles. The van der Waals surface area contributed by atoms with Crippen LogP contribution in [0.4, 0.5) is 0 Å². The number of nitrogens with two attached hydrogens (primary N) is 1. The van der Waals surface area contributed by atoms with Crippen LogP contribution in [0.1, 0.15) is 18.5 Å². The minimum atomic E-state index is -3.55. The molecule has 0 radical (unpaired) electrons. The molecule has 0 saturated carbocycles. The highest BCUT2D eigenvalue weighted by molar-refractivity contribution is 7.89. The highest BCUT2D eigenvalue weighted by Crippen LogP contribution is 2.25. The Hall–Kier alpha value is -1.02. The van der Waals surface area contributed by atoms with Crippen molar-refractivity contribution in [1.82, 2.24) is 9.29 Å². The van der Waals surface area contributed by atoms with Crippen LogP contribution in [-0.2, 0) is 16.6 Å². The molecule has 1 saturated heterocycles. The van der Waals surface area contributed by atoms with Crippen molar-refractivity contribution < 1.29 is 13.5 Å². The first-order valence-corrected chi connectivity index (χ1v) is 7.31. The van der Waals surface area contributed by atoms with Gasteiger partial charge in [0.25, 0.3) is 0 Å². The lowest BCUT2D eigenvalue weighted by Gasteiger charge is -2.22. The molecule has 0 spiro atoms. The van der Waals surface area contributed by atoms with Crippen molar-refractivity contribution in [2.75, 3.05) is 13.2 Å². The molecule has 1 fully saturated rings. The first-order chi connectivity index (χ1) is 8.59. The van der Waals surface area contributed by atoms with E-state index in [1.54, 1.807) is 6.07 Å². The van der Waals surface area contributed by atoms with Gasteiger partial charge in [0.05, 0.1) is 12.3 Å². The van der Waals surface area contributed by atoms with E-state index in [9.17, 15) is 13.5 Å². The summed E-state index contributed by atoms with van der Waals surface area (Å²) in [5.41, 5.74) is 6.07. The summed E-state index contributed by atoms with van der Waals surface area (Å²) in [6.45, 7) is 0.586. The maximum absolute atomic E-state index is 12.3. The Balaban J connectivity index is 2.29. The van der Waals surface area contributed by atoms with Crippen molar-refractivity contribution in [3.63, 3.8) is 0 Å². The number of nitrogens with zero attached hydrogens (tertiary/aromatic N) is 2. The fourth-order valence-electron chi connectivity index (χ4n) is 2.13. The molecular formula is C11H17N3O3S. The summed E-state index contributed by atoms with van der Waals surface area (Å²) in [5.74, 6) is 0. The van der Waals surface area contributed by atoms with Gasteiger partial charge in [0.15, 0.2) is 0 Å². The van der Waals surface area contributed by atoms with Crippen molar-refractivity contribution >= 4 is 10.0 Å². The molecule has 18 heavy (non-hydrogen) atoms. The number of hydrogen-bond donors (Lipinski definition) is 2. The van der Waals surface area contributed by atoms with Crippen LogP contribution in [0.5, 0.6) is 0 Å². The molecule has 0 aliphatic carbocycles. The van der Waals surface area contributed by atoms with Crippen molar-refractivity contribution in [3.05, 3.63) is 24.0 Å². The van der Waals surface area contributed by atoms with Crippen molar-refractivity contribution in [1.29, 1.82) is 0 Å². The molecule has 1 aliphatic rings. The SMILES string of the molecule is NCc1ccc(S(=O)(=O)N2CCCC2CO)cn1. The highest BCUT2D eigenvalue weighted by Gasteiger charge is 2.34. The van der Waals surface area contributed by atoms with E-state index in [4.69, 9.17) is 5.73 Å². The first-order valence-electron chi connectivity index (χ1n) is 5.87. The molecule has 0 amide bonds. The molecule has 1 aromatic rings. The lowest BCUT2D eigenvalue weighted by atomic mass is 10.2. The number of rotatable bonds is 4. The molecule has 3 N–H and O–H groups in total. The smallest absolute Gasteiger partial charge is 0.244 e. The number of sulfonamides is 1. The Morgan fingerprint density at radius 2 is 2.28 bits per heavy atom. The fourth-order valence-corrected chi connectivity index (χ4v) is 3.76. The van der Waals surface area contributed by atoms with Crippen LogP contribution < -0.4 is 5.73 Å². The first kappa shape index (κ1) is 13.4. The molecule has 1 aliphatic heterocycles. The summed E-state index contributed by atoms with van der Waals surface area (Å²) in [6.07, 6.45) is 2.80. The average Bonchev–Trinajstić information content (AvgIpc) is 2.88. The van der Waals surface area contributed by atoms with Gasteiger partial charge >= 0.3 is 0 Å². The fraction of sp³-hybridized carbons (Fsp3) is 0.545. The van der Waals surface area contributed by atoms with Crippen LogP contribution in [0.3, 0.4) is 0 Å². The highest BCUT2D eigenvalue weighted by atomic mass is 32.2. The molecule has 0 bridgehead atoms. The minimum absolute atomic E-state index is 0.145. The van der Waals surface area contributed by atoms with E-state index in [0.717, 1.165) is 6.42 Å². The summed E-state index contributed by atoms with van der Waals surface area (Å²) in [5, 5.41) is 9.19. The van der Waals surface area contributed by atoms with E-state index in [-0.39, 0.29) is 24.1 Å². The van der Waals surface area contributed by atoms with Gasteiger partial charge in [-0.15, -0.1) is 0 Å². The van der Waals surface area contributed by atoms with Crippen LogP contribution in [0.15, 0.2) is 23.2 Å². The zero-order valence-electron chi connectivity index (χ0n) is 9.99. The predicted molar refractivity (Wildman–Crippen MR) is 66.1 cm³/mol. The molecule has 1 atom stereocenters. The minimum Gasteiger partial charge on any atom is -0.395 e. The second-order valence-corrected chi connectivity index (χ2v) is 6.17. The third-order valence-corrected chi connectivity index (χ3v) is 5.08. The van der Waals surface area contributed by atoms with Gasteiger partial charge in [-0.2, -0.15) is 4.31 Å². The molecule has 6 nitrogen and oxygen atoms in total. The third kappa shape index (κ3) is 2.39. The topological polar surface area (TPSA) is 96.5 Å². The maximum atomic E-state index is 12.3. The van der Waals surface area contributed by atoms with Gasteiger partial charge in [-0.1, -0.05) is 0 Å². The molecule has 100 valence electrons. The van der Waals surface area contributed by atoms with Gasteiger partial charge in [-0.25, -0.2) is 8.42 Å². The molecule has 0 aromatic carbocycles. The summed E-state index contributed by atoms with van der Waals surface area (Å²) < 4.78 is 26.0. The van der Waals surface area contributed by atoms with E-state index >= 15 is 0 Å². The van der Waals surface area contributed by atoms with Crippen molar-refractivity contribution in [3.8, 4) is 0 Å². The van der Waals surface area contributed by atoms with Crippen molar-refractivity contribution in [2.45, 2.75) is 30.3 Å². The summed E-state index contributed by atoms with van der Waals surface area (Å²) in [4.78, 5) is 4.15. The Morgan fingerprint density at radius 3 is 2.83 bits per heavy atom. The molecule has 7 heteroatoms. The van der Waals surface area contributed by atoms with Crippen LogP contribution in [0, 0.1) is 0 Å². The van der Waals surface area contributed by atoms with Gasteiger partial charge in [0.2, 0.25) is 10.0 Å². The molecule has 1 aromatic heterocycles. The van der Waals surface area contributed by atoms with Crippen LogP contribution in [0.2, 0.25) is 0 Å². The zero-order valence-corrected chi connectivity index (χ0v) is 10.8. The Morgan fingerprint density at radius 1 is 1.50 bits per heavy atom. The van der Waals surface area contributed by atoms with Crippen LogP contribution >= 0.6 is 0 Å². The second kappa shape index (κ2) is 5.31. The van der Waals surface area contributed by atoms with E-state index in [1.165, 1.54) is 16.6 Å². The standard InChI is InChI=1S/C11H17N3O3S/c12-6-9-3-4-11(7-13-9)18(16,17)14-5-1-2-10(14)8-15/h3-4,7,10,15H,1-2,5-6,8,12H2. The van der Waals surface area contributed by atoms with Crippen molar-refractivity contribution in [2.24, 2.45) is 5.73 Å². The number of aliphatic hydroxyl groups is 1. The summed E-state index contributed by atoms with van der Waals surface area (Å²) >= 11 is 0. The Labute approximate surface area is 106 Å². The Bertz CT molecular complexity index is 501. The summed E-state index contributed by atoms with van der Waals surface area (Å²) in [6, 6.07) is 2.80. The molecule has 2 rings (SSSR count). The normalized spacial score (nSPS) is 21.3. The third-order valence-electron chi connectivity index (χ3n) is 3.15. The maximum Gasteiger partial charge on any atom is 0.244 e. The van der Waals surface area contributed by atoms with E-state index in [2.05, 4.69) is 4.98 Å². The summed E-state index contributed by atoms with van der Waals surface area (Å²) in [7, 11) is -3.55. The average molecular weight is 271 g/mol.